The lowest BCUT2D eigenvalue weighted by Crippen LogP contribution is -2.39. The zero-order chi connectivity index (χ0) is 14.1. The minimum atomic E-state index is -0.881. The van der Waals surface area contributed by atoms with Gasteiger partial charge in [0.05, 0.1) is 19.5 Å². The van der Waals surface area contributed by atoms with Crippen molar-refractivity contribution in [1.29, 1.82) is 0 Å². The van der Waals surface area contributed by atoms with Crippen molar-refractivity contribution in [2.24, 2.45) is 0 Å². The lowest BCUT2D eigenvalue weighted by Gasteiger charge is -2.33. The number of fused-ring (bicyclic) bond motifs is 1. The lowest BCUT2D eigenvalue weighted by atomic mass is 10.0. The molecule has 0 saturated heterocycles. The molecule has 1 unspecified atom stereocenters. The number of aromatic nitrogens is 2. The number of rotatable bonds is 3. The molecule has 3 rings (SSSR count). The van der Waals surface area contributed by atoms with Crippen molar-refractivity contribution in [3.05, 3.63) is 34.3 Å². The largest absolute Gasteiger partial charge is 0.480 e. The molecule has 1 aliphatic heterocycles. The highest BCUT2D eigenvalue weighted by atomic mass is 32.1. The summed E-state index contributed by atoms with van der Waals surface area (Å²) in [6.07, 6.45) is 3.88. The zero-order valence-corrected chi connectivity index (χ0v) is 11.6. The van der Waals surface area contributed by atoms with Crippen LogP contribution in [0.3, 0.4) is 0 Å². The van der Waals surface area contributed by atoms with Gasteiger partial charge in [-0.1, -0.05) is 0 Å². The maximum atomic E-state index is 11.6. The summed E-state index contributed by atoms with van der Waals surface area (Å²) in [7, 11) is 1.51. The van der Waals surface area contributed by atoms with Crippen LogP contribution in [0.1, 0.15) is 16.5 Å². The van der Waals surface area contributed by atoms with E-state index in [-0.39, 0.29) is 0 Å². The summed E-state index contributed by atoms with van der Waals surface area (Å²) in [5, 5.41) is 11.5. The molecule has 2 aromatic heterocycles. The molecule has 0 bridgehead atoms. The van der Waals surface area contributed by atoms with Crippen LogP contribution in [0.15, 0.2) is 23.8 Å². The van der Waals surface area contributed by atoms with E-state index >= 15 is 0 Å². The van der Waals surface area contributed by atoms with Gasteiger partial charge < -0.3 is 14.7 Å². The van der Waals surface area contributed by atoms with Crippen LogP contribution in [0.2, 0.25) is 0 Å². The first-order valence-electron chi connectivity index (χ1n) is 6.12. The second-order valence-electron chi connectivity index (χ2n) is 4.40. The van der Waals surface area contributed by atoms with Gasteiger partial charge in [-0.3, -0.25) is 4.98 Å². The summed E-state index contributed by atoms with van der Waals surface area (Å²) < 4.78 is 5.05. The minimum absolute atomic E-state index is 0.378. The molecule has 6 nitrogen and oxygen atoms in total. The van der Waals surface area contributed by atoms with Crippen LogP contribution >= 0.6 is 11.3 Å². The highest BCUT2D eigenvalue weighted by Crippen LogP contribution is 2.35. The normalized spacial score (nSPS) is 17.6. The second-order valence-corrected chi connectivity index (χ2v) is 5.40. The second kappa shape index (κ2) is 5.09. The number of carboxylic acids is 1. The Bertz CT molecular complexity index is 643. The number of hydrogen-bond donors (Lipinski definition) is 1. The SMILES string of the molecule is COc1cncc(N2CCc3sccc3C2C(=O)O)n1. The number of hydrogen-bond acceptors (Lipinski definition) is 6. The van der Waals surface area contributed by atoms with Gasteiger partial charge >= 0.3 is 5.97 Å². The number of ether oxygens (including phenoxy) is 1. The fourth-order valence-electron chi connectivity index (χ4n) is 2.40. The van der Waals surface area contributed by atoms with Crippen LogP contribution in [0.5, 0.6) is 5.88 Å². The number of nitrogens with zero attached hydrogens (tertiary/aromatic N) is 3. The molecule has 0 aromatic carbocycles. The standard InChI is InChI=1S/C13H13N3O3S/c1-19-11-7-14-6-10(15-11)16-4-2-9-8(3-5-20-9)12(16)13(17)18/h3,5-7,12H,2,4H2,1H3,(H,17,18). The van der Waals surface area contributed by atoms with Gasteiger partial charge in [-0.25, -0.2) is 4.79 Å². The van der Waals surface area contributed by atoms with Gasteiger partial charge in [0.25, 0.3) is 0 Å². The van der Waals surface area contributed by atoms with E-state index in [9.17, 15) is 9.90 Å². The van der Waals surface area contributed by atoms with Crippen molar-refractivity contribution in [2.45, 2.75) is 12.5 Å². The Kier molecular flexibility index (Phi) is 3.27. The van der Waals surface area contributed by atoms with E-state index in [1.165, 1.54) is 13.3 Å². The predicted molar refractivity (Wildman–Crippen MR) is 74.3 cm³/mol. The third-order valence-electron chi connectivity index (χ3n) is 3.30. The summed E-state index contributed by atoms with van der Waals surface area (Å²) in [5.74, 6) is 0.0188. The third kappa shape index (κ3) is 2.09. The van der Waals surface area contributed by atoms with Gasteiger partial charge in [0, 0.05) is 11.4 Å². The maximum absolute atomic E-state index is 11.6. The number of methoxy groups -OCH3 is 1. The minimum Gasteiger partial charge on any atom is -0.480 e. The molecule has 104 valence electrons. The molecule has 1 atom stereocenters. The van der Waals surface area contributed by atoms with Crippen molar-refractivity contribution in [1.82, 2.24) is 9.97 Å². The Morgan fingerprint density at radius 1 is 1.55 bits per heavy atom. The summed E-state index contributed by atoms with van der Waals surface area (Å²) in [4.78, 5) is 22.9. The molecule has 1 aliphatic rings. The van der Waals surface area contributed by atoms with Crippen LogP contribution in [-0.2, 0) is 11.2 Å². The molecular weight excluding hydrogens is 278 g/mol. The Morgan fingerprint density at radius 3 is 3.15 bits per heavy atom. The van der Waals surface area contributed by atoms with Crippen molar-refractivity contribution in [2.75, 3.05) is 18.6 Å². The molecule has 2 aromatic rings. The van der Waals surface area contributed by atoms with Gasteiger partial charge in [0.2, 0.25) is 5.88 Å². The molecule has 0 saturated carbocycles. The molecule has 0 spiro atoms. The van der Waals surface area contributed by atoms with Gasteiger partial charge in [-0.2, -0.15) is 4.98 Å². The van der Waals surface area contributed by atoms with E-state index in [0.717, 1.165) is 16.9 Å². The summed E-state index contributed by atoms with van der Waals surface area (Å²) >= 11 is 1.60. The third-order valence-corrected chi connectivity index (χ3v) is 4.30. The van der Waals surface area contributed by atoms with Crippen LogP contribution in [-0.4, -0.2) is 34.7 Å². The molecular formula is C13H13N3O3S. The average Bonchev–Trinajstić information content (AvgIpc) is 2.94. The fraction of sp³-hybridized carbons (Fsp3) is 0.308. The summed E-state index contributed by atoms with van der Waals surface area (Å²) in [5.41, 5.74) is 0.846. The first kappa shape index (κ1) is 12.9. The summed E-state index contributed by atoms with van der Waals surface area (Å²) in [6, 6.07) is 1.16. The Labute approximate surface area is 119 Å². The van der Waals surface area contributed by atoms with Crippen molar-refractivity contribution in [3.63, 3.8) is 0 Å². The van der Waals surface area contributed by atoms with Crippen molar-refractivity contribution >= 4 is 23.1 Å². The van der Waals surface area contributed by atoms with Crippen LogP contribution in [0.4, 0.5) is 5.82 Å². The smallest absolute Gasteiger partial charge is 0.331 e. The van der Waals surface area contributed by atoms with E-state index in [2.05, 4.69) is 9.97 Å². The molecule has 7 heteroatoms. The average molecular weight is 291 g/mol. The molecule has 3 heterocycles. The van der Waals surface area contributed by atoms with E-state index in [0.29, 0.717) is 18.2 Å². The van der Waals surface area contributed by atoms with Gasteiger partial charge in [0.1, 0.15) is 0 Å². The number of carbonyl (C=O) groups is 1. The quantitative estimate of drug-likeness (QED) is 0.928. The van der Waals surface area contributed by atoms with Gasteiger partial charge in [-0.15, -0.1) is 11.3 Å². The van der Waals surface area contributed by atoms with Crippen molar-refractivity contribution < 1.29 is 14.6 Å². The van der Waals surface area contributed by atoms with E-state index < -0.39 is 12.0 Å². The van der Waals surface area contributed by atoms with Crippen molar-refractivity contribution in [3.8, 4) is 5.88 Å². The fourth-order valence-corrected chi connectivity index (χ4v) is 3.31. The van der Waals surface area contributed by atoms with Gasteiger partial charge in [0.15, 0.2) is 11.9 Å². The highest BCUT2D eigenvalue weighted by molar-refractivity contribution is 7.10. The van der Waals surface area contributed by atoms with E-state index in [1.54, 1.807) is 22.4 Å². The topological polar surface area (TPSA) is 75.5 Å². The number of thiophene rings is 1. The lowest BCUT2D eigenvalue weighted by molar-refractivity contribution is -0.138. The van der Waals surface area contributed by atoms with Crippen LogP contribution < -0.4 is 9.64 Å². The molecule has 20 heavy (non-hydrogen) atoms. The van der Waals surface area contributed by atoms with Gasteiger partial charge in [-0.05, 0) is 23.4 Å². The monoisotopic (exact) mass is 291 g/mol. The first-order chi connectivity index (χ1) is 9.70. The van der Waals surface area contributed by atoms with E-state index in [4.69, 9.17) is 4.74 Å². The first-order valence-corrected chi connectivity index (χ1v) is 7.00. The number of aliphatic carboxylic acids is 1. The molecule has 1 N–H and O–H groups in total. The summed E-state index contributed by atoms with van der Waals surface area (Å²) in [6.45, 7) is 0.603. The Hall–Kier alpha value is -2.15. The Morgan fingerprint density at radius 2 is 2.40 bits per heavy atom. The molecule has 0 fully saturated rings. The molecule has 0 amide bonds. The van der Waals surface area contributed by atoms with Crippen LogP contribution in [0, 0.1) is 0 Å². The zero-order valence-electron chi connectivity index (χ0n) is 10.8. The molecule has 0 aliphatic carbocycles. The number of carboxylic acid groups (broad SMARTS) is 1. The van der Waals surface area contributed by atoms with Crippen LogP contribution in [0.25, 0.3) is 0 Å². The van der Waals surface area contributed by atoms with E-state index in [1.807, 2.05) is 11.4 Å². The highest BCUT2D eigenvalue weighted by Gasteiger charge is 2.34. The number of anilines is 1. The molecule has 0 radical (unpaired) electrons. The predicted octanol–water partition coefficient (Wildman–Crippen LogP) is 1.74. The maximum Gasteiger partial charge on any atom is 0.331 e. The Balaban J connectivity index is 2.02.